The third kappa shape index (κ3) is 7.72. The number of hydrogen-bond acceptors (Lipinski definition) is 4. The number of rotatable bonds is 4. The quantitative estimate of drug-likeness (QED) is 0.653. The molecule has 0 aromatic heterocycles. The van der Waals surface area contributed by atoms with E-state index in [9.17, 15) is 14.0 Å². The van der Waals surface area contributed by atoms with Gasteiger partial charge in [0.05, 0.1) is 0 Å². The lowest BCUT2D eigenvalue weighted by Gasteiger charge is -2.09. The van der Waals surface area contributed by atoms with Crippen molar-refractivity contribution < 1.29 is 24.2 Å². The maximum Gasteiger partial charge on any atom is 0.325 e. The van der Waals surface area contributed by atoms with Crippen LogP contribution in [0.2, 0.25) is 0 Å². The molecule has 0 aliphatic rings. The van der Waals surface area contributed by atoms with E-state index in [0.29, 0.717) is 5.69 Å². The minimum absolute atomic E-state index is 0.339. The summed E-state index contributed by atoms with van der Waals surface area (Å²) in [4.78, 5) is 20.0. The lowest BCUT2D eigenvalue weighted by atomic mass is 10.2. The van der Waals surface area contributed by atoms with Crippen LogP contribution in [0.15, 0.2) is 24.3 Å². The van der Waals surface area contributed by atoms with Gasteiger partial charge in [-0.15, -0.1) is 0 Å². The first-order chi connectivity index (χ1) is 8.73. The molecule has 0 radical (unpaired) electrons. The first kappa shape index (κ1) is 16.9. The van der Waals surface area contributed by atoms with Crippen molar-refractivity contribution in [3.63, 3.8) is 0 Å². The average molecular weight is 272 g/mol. The summed E-state index contributed by atoms with van der Waals surface area (Å²) in [6, 6.07) is 4.13. The highest BCUT2D eigenvalue weighted by molar-refractivity contribution is 5.76. The Morgan fingerprint density at radius 2 is 1.58 bits per heavy atom. The predicted octanol–water partition coefficient (Wildman–Crippen LogP) is 1.13. The highest BCUT2D eigenvalue weighted by Gasteiger charge is 2.09. The summed E-state index contributed by atoms with van der Waals surface area (Å²) in [5, 5.41) is 19.1. The minimum Gasteiger partial charge on any atom is -0.480 e. The van der Waals surface area contributed by atoms with Gasteiger partial charge in [-0.05, 0) is 38.1 Å². The minimum atomic E-state index is -0.963. The molecule has 0 saturated heterocycles. The van der Waals surface area contributed by atoms with Crippen molar-refractivity contribution in [1.82, 2.24) is 0 Å². The molecule has 1 aromatic carbocycles. The predicted molar refractivity (Wildman–Crippen MR) is 68.4 cm³/mol. The first-order valence-corrected chi connectivity index (χ1v) is 5.47. The van der Waals surface area contributed by atoms with Crippen molar-refractivity contribution in [2.75, 3.05) is 5.32 Å². The van der Waals surface area contributed by atoms with Crippen molar-refractivity contribution in [3.05, 3.63) is 30.1 Å². The molecule has 19 heavy (non-hydrogen) atoms. The average Bonchev–Trinajstić information content (AvgIpc) is 2.32. The fourth-order valence-corrected chi connectivity index (χ4v) is 0.858. The van der Waals surface area contributed by atoms with Gasteiger partial charge in [-0.1, -0.05) is 0 Å². The van der Waals surface area contributed by atoms with E-state index in [1.54, 1.807) is 0 Å². The van der Waals surface area contributed by atoms with Crippen LogP contribution in [0.25, 0.3) is 0 Å². The summed E-state index contributed by atoms with van der Waals surface area (Å²) in [6.07, 6.45) is 0. The summed E-state index contributed by atoms with van der Waals surface area (Å²) >= 11 is 0. The van der Waals surface area contributed by atoms with E-state index in [4.69, 9.17) is 15.9 Å². The molecule has 1 aromatic rings. The van der Waals surface area contributed by atoms with E-state index in [-0.39, 0.29) is 5.82 Å². The highest BCUT2D eigenvalue weighted by atomic mass is 19.1. The molecule has 7 heteroatoms. The van der Waals surface area contributed by atoms with Gasteiger partial charge >= 0.3 is 11.9 Å². The van der Waals surface area contributed by atoms with E-state index in [2.05, 4.69) is 5.32 Å². The third-order valence-corrected chi connectivity index (χ3v) is 1.99. The summed E-state index contributed by atoms with van der Waals surface area (Å²) < 4.78 is 12.4. The Morgan fingerprint density at radius 1 is 1.16 bits per heavy atom. The van der Waals surface area contributed by atoms with Crippen molar-refractivity contribution >= 4 is 17.6 Å². The summed E-state index contributed by atoms with van der Waals surface area (Å²) in [5.41, 5.74) is 5.43. The SMILES string of the molecule is C[C@H](N)C(=O)O.C[C@H](Nc1ccc(F)cc1)C(=O)O. The molecule has 1 rings (SSSR count). The van der Waals surface area contributed by atoms with Gasteiger partial charge < -0.3 is 21.3 Å². The number of halogens is 1. The fourth-order valence-electron chi connectivity index (χ4n) is 0.858. The molecule has 0 aliphatic carbocycles. The second-order valence-electron chi connectivity index (χ2n) is 3.84. The van der Waals surface area contributed by atoms with Crippen molar-refractivity contribution in [2.45, 2.75) is 25.9 Å². The van der Waals surface area contributed by atoms with E-state index in [0.717, 1.165) is 0 Å². The van der Waals surface area contributed by atoms with Gasteiger partial charge in [0.1, 0.15) is 17.9 Å². The number of aliphatic carboxylic acids is 2. The zero-order valence-electron chi connectivity index (χ0n) is 10.6. The lowest BCUT2D eigenvalue weighted by Crippen LogP contribution is -2.25. The molecule has 0 spiro atoms. The zero-order valence-corrected chi connectivity index (χ0v) is 10.6. The summed E-state index contributed by atoms with van der Waals surface area (Å²) in [6.45, 7) is 2.94. The number of carboxylic acid groups (broad SMARTS) is 2. The smallest absolute Gasteiger partial charge is 0.325 e. The van der Waals surface area contributed by atoms with E-state index >= 15 is 0 Å². The Kier molecular flexibility index (Phi) is 7.13. The maximum absolute atomic E-state index is 12.4. The third-order valence-electron chi connectivity index (χ3n) is 1.99. The van der Waals surface area contributed by atoms with Crippen molar-refractivity contribution in [1.29, 1.82) is 0 Å². The molecule has 5 N–H and O–H groups in total. The lowest BCUT2D eigenvalue weighted by molar-refractivity contribution is -0.138. The second kappa shape index (κ2) is 8.04. The Labute approximate surface area is 110 Å². The van der Waals surface area contributed by atoms with Gasteiger partial charge in [-0.25, -0.2) is 4.39 Å². The normalized spacial score (nSPS) is 12.6. The Morgan fingerprint density at radius 3 is 1.89 bits per heavy atom. The fraction of sp³-hybridized carbons (Fsp3) is 0.333. The molecular weight excluding hydrogens is 255 g/mol. The Balaban J connectivity index is 0.000000459. The van der Waals surface area contributed by atoms with E-state index in [1.807, 2.05) is 0 Å². The van der Waals surface area contributed by atoms with Crippen LogP contribution >= 0.6 is 0 Å². The van der Waals surface area contributed by atoms with Gasteiger partial charge in [0.2, 0.25) is 0 Å². The van der Waals surface area contributed by atoms with Crippen molar-refractivity contribution in [2.24, 2.45) is 5.73 Å². The van der Waals surface area contributed by atoms with Gasteiger partial charge in [0.15, 0.2) is 0 Å². The summed E-state index contributed by atoms with van der Waals surface area (Å²) in [7, 11) is 0. The number of anilines is 1. The number of nitrogens with one attached hydrogen (secondary N) is 1. The van der Waals surface area contributed by atoms with Crippen LogP contribution in [0, 0.1) is 5.82 Å². The Bertz CT molecular complexity index is 420. The first-order valence-electron chi connectivity index (χ1n) is 5.47. The molecule has 0 heterocycles. The molecule has 0 fully saturated rings. The van der Waals surface area contributed by atoms with Crippen LogP contribution in [-0.4, -0.2) is 34.2 Å². The molecule has 0 unspecified atom stereocenters. The number of benzene rings is 1. The Hall–Kier alpha value is -2.15. The monoisotopic (exact) mass is 272 g/mol. The molecule has 0 aliphatic heterocycles. The number of hydrogen-bond donors (Lipinski definition) is 4. The molecule has 0 amide bonds. The van der Waals surface area contributed by atoms with Crippen molar-refractivity contribution in [3.8, 4) is 0 Å². The van der Waals surface area contributed by atoms with Crippen LogP contribution in [-0.2, 0) is 9.59 Å². The molecule has 106 valence electrons. The largest absolute Gasteiger partial charge is 0.480 e. The highest BCUT2D eigenvalue weighted by Crippen LogP contribution is 2.09. The summed E-state index contributed by atoms with van der Waals surface area (Å²) in [5.74, 6) is -2.24. The van der Waals surface area contributed by atoms with Crippen LogP contribution < -0.4 is 11.1 Å². The van der Waals surface area contributed by atoms with Crippen LogP contribution in [0.1, 0.15) is 13.8 Å². The van der Waals surface area contributed by atoms with Gasteiger partial charge in [-0.2, -0.15) is 0 Å². The second-order valence-corrected chi connectivity index (χ2v) is 3.84. The van der Waals surface area contributed by atoms with E-state index in [1.165, 1.54) is 38.1 Å². The van der Waals surface area contributed by atoms with Crippen LogP contribution in [0.3, 0.4) is 0 Å². The maximum atomic E-state index is 12.4. The van der Waals surface area contributed by atoms with Crippen LogP contribution in [0.5, 0.6) is 0 Å². The zero-order chi connectivity index (χ0) is 15.0. The molecule has 0 bridgehead atoms. The topological polar surface area (TPSA) is 113 Å². The standard InChI is InChI=1S/C9H10FNO2.C3H7NO2/c1-6(9(12)13)11-8-4-2-7(10)3-5-8;1-2(4)3(5)6/h2-6,11H,1H3,(H,12,13);2H,4H2,1H3,(H,5,6)/t6-;2-/m00/s1. The van der Waals surface area contributed by atoms with E-state index < -0.39 is 24.0 Å². The number of carbonyl (C=O) groups is 2. The molecule has 6 nitrogen and oxygen atoms in total. The molecular formula is C12H17FN2O4. The van der Waals surface area contributed by atoms with Gasteiger partial charge in [-0.3, -0.25) is 9.59 Å². The van der Waals surface area contributed by atoms with Gasteiger partial charge in [0, 0.05) is 5.69 Å². The molecule has 2 atom stereocenters. The van der Waals surface area contributed by atoms with Crippen LogP contribution in [0.4, 0.5) is 10.1 Å². The number of carboxylic acids is 2. The number of nitrogens with two attached hydrogens (primary N) is 1. The molecule has 0 saturated carbocycles. The van der Waals surface area contributed by atoms with Gasteiger partial charge in [0.25, 0.3) is 0 Å².